The summed E-state index contributed by atoms with van der Waals surface area (Å²) in [5.41, 5.74) is -1.21. The molecular weight excluding hydrogens is 426 g/mol. The van der Waals surface area contributed by atoms with Crippen LogP contribution >= 0.6 is 0 Å². The van der Waals surface area contributed by atoms with Gasteiger partial charge in [-0.1, -0.05) is 5.92 Å². The summed E-state index contributed by atoms with van der Waals surface area (Å²) in [5, 5.41) is 8.56. The van der Waals surface area contributed by atoms with Gasteiger partial charge in [-0.15, -0.1) is 10.2 Å². The van der Waals surface area contributed by atoms with E-state index in [0.717, 1.165) is 0 Å². The van der Waals surface area contributed by atoms with E-state index in [0.29, 0.717) is 28.3 Å². The van der Waals surface area contributed by atoms with E-state index >= 15 is 0 Å². The number of halogens is 4. The largest absolute Gasteiger partial charge is 0.405 e. The molecule has 162 valence electrons. The number of hydrogen-bond acceptors (Lipinski definition) is 6. The number of nitrogens with zero attached hydrogens (tertiary/aromatic N) is 7. The quantitative estimate of drug-likeness (QED) is 0.346. The molecular formula is C21H15F4N7. The van der Waals surface area contributed by atoms with Gasteiger partial charge in [-0.2, -0.15) is 18.2 Å². The summed E-state index contributed by atoms with van der Waals surface area (Å²) in [7, 11) is 1.64. The molecule has 0 aliphatic heterocycles. The first-order valence-corrected chi connectivity index (χ1v) is 9.65. The van der Waals surface area contributed by atoms with Gasteiger partial charge in [0.25, 0.3) is 5.78 Å². The molecule has 0 atom stereocenters. The Labute approximate surface area is 179 Å². The first-order chi connectivity index (χ1) is 15.2. The first kappa shape index (κ1) is 20.1. The Kier molecular flexibility index (Phi) is 4.30. The third-order valence-electron chi connectivity index (χ3n) is 5.46. The fourth-order valence-corrected chi connectivity index (χ4v) is 3.47. The van der Waals surface area contributed by atoms with Gasteiger partial charge in [0, 0.05) is 12.4 Å². The third-order valence-corrected chi connectivity index (χ3v) is 5.46. The SMILES string of the molecule is Cc1nnc2nc(N(C)c3cncc(C#CC4(C(F)(F)F)CC4)n3)c3cc(F)ccc3n12. The van der Waals surface area contributed by atoms with Gasteiger partial charge in [0.05, 0.1) is 17.9 Å². The number of rotatable bonds is 2. The summed E-state index contributed by atoms with van der Waals surface area (Å²) in [6, 6.07) is 4.27. The van der Waals surface area contributed by atoms with Gasteiger partial charge < -0.3 is 4.90 Å². The molecule has 0 unspecified atom stereocenters. The number of alkyl halides is 3. The highest BCUT2D eigenvalue weighted by Crippen LogP contribution is 2.57. The Balaban J connectivity index is 1.59. The second-order valence-corrected chi connectivity index (χ2v) is 7.63. The molecule has 3 aromatic heterocycles. The summed E-state index contributed by atoms with van der Waals surface area (Å²) in [6.07, 6.45) is -1.69. The molecule has 0 spiro atoms. The highest BCUT2D eigenvalue weighted by atomic mass is 19.4. The van der Waals surface area contributed by atoms with Crippen molar-refractivity contribution in [2.45, 2.75) is 25.9 Å². The van der Waals surface area contributed by atoms with E-state index in [1.165, 1.54) is 24.5 Å². The van der Waals surface area contributed by atoms with Crippen LogP contribution in [0, 0.1) is 30.0 Å². The van der Waals surface area contributed by atoms with Crippen LogP contribution in [0.15, 0.2) is 30.6 Å². The fourth-order valence-electron chi connectivity index (χ4n) is 3.47. The summed E-state index contributed by atoms with van der Waals surface area (Å²) < 4.78 is 55.2. The molecule has 1 aliphatic rings. The Hall–Kier alpha value is -3.81. The van der Waals surface area contributed by atoms with Crippen molar-refractivity contribution < 1.29 is 17.6 Å². The average Bonchev–Trinajstić information content (AvgIpc) is 3.48. The van der Waals surface area contributed by atoms with E-state index in [2.05, 4.69) is 37.0 Å². The lowest BCUT2D eigenvalue weighted by Crippen LogP contribution is -2.22. The number of anilines is 2. The van der Waals surface area contributed by atoms with Crippen LogP contribution in [-0.4, -0.2) is 42.8 Å². The number of aromatic nitrogens is 6. The van der Waals surface area contributed by atoms with Gasteiger partial charge in [-0.3, -0.25) is 9.38 Å². The predicted octanol–water partition coefficient (Wildman–Crippen LogP) is 3.98. The van der Waals surface area contributed by atoms with Crippen molar-refractivity contribution in [1.29, 1.82) is 0 Å². The summed E-state index contributed by atoms with van der Waals surface area (Å²) in [4.78, 5) is 14.4. The summed E-state index contributed by atoms with van der Waals surface area (Å²) in [6.45, 7) is 1.76. The molecule has 1 aromatic carbocycles. The van der Waals surface area contributed by atoms with E-state index in [-0.39, 0.29) is 24.4 Å². The predicted molar refractivity (Wildman–Crippen MR) is 108 cm³/mol. The van der Waals surface area contributed by atoms with Gasteiger partial charge in [0.15, 0.2) is 5.82 Å². The summed E-state index contributed by atoms with van der Waals surface area (Å²) >= 11 is 0. The average molecular weight is 441 g/mol. The molecule has 0 amide bonds. The van der Waals surface area contributed by atoms with E-state index in [4.69, 9.17) is 0 Å². The van der Waals surface area contributed by atoms with E-state index < -0.39 is 17.4 Å². The van der Waals surface area contributed by atoms with Crippen LogP contribution in [0.5, 0.6) is 0 Å². The summed E-state index contributed by atoms with van der Waals surface area (Å²) in [5.74, 6) is 5.89. The third kappa shape index (κ3) is 3.19. The van der Waals surface area contributed by atoms with Crippen molar-refractivity contribution in [3.63, 3.8) is 0 Å². The lowest BCUT2D eigenvalue weighted by molar-refractivity contribution is -0.168. The maximum Gasteiger partial charge on any atom is 0.405 e. The molecule has 4 aromatic rings. The topological polar surface area (TPSA) is 72.1 Å². The normalized spacial score (nSPS) is 14.9. The number of hydrogen-bond donors (Lipinski definition) is 0. The van der Waals surface area contributed by atoms with Crippen molar-refractivity contribution in [3.8, 4) is 11.8 Å². The lowest BCUT2D eigenvalue weighted by Gasteiger charge is -2.19. The molecule has 3 heterocycles. The zero-order chi connectivity index (χ0) is 22.7. The standard InChI is InChI=1S/C21H15F4N7/c1-12-29-30-19-28-18(15-9-13(22)3-4-16(15)32(12)19)31(2)17-11-26-10-14(27-17)5-6-20(7-8-20)21(23,24)25/h3-4,9-11H,7-8H2,1-2H3. The molecule has 0 saturated heterocycles. The Bertz CT molecular complexity index is 1430. The maximum atomic E-state index is 14.1. The molecule has 0 radical (unpaired) electrons. The van der Waals surface area contributed by atoms with E-state index in [1.807, 2.05) is 0 Å². The molecule has 0 bridgehead atoms. The Morgan fingerprint density at radius 2 is 1.91 bits per heavy atom. The zero-order valence-corrected chi connectivity index (χ0v) is 16.9. The van der Waals surface area contributed by atoms with Crippen molar-refractivity contribution in [2.24, 2.45) is 5.41 Å². The minimum absolute atomic E-state index is 0.0181. The van der Waals surface area contributed by atoms with Crippen molar-refractivity contribution in [1.82, 2.24) is 29.5 Å². The van der Waals surface area contributed by atoms with Crippen molar-refractivity contribution in [2.75, 3.05) is 11.9 Å². The molecule has 11 heteroatoms. The van der Waals surface area contributed by atoms with Crippen LogP contribution in [-0.2, 0) is 0 Å². The molecule has 32 heavy (non-hydrogen) atoms. The molecule has 7 nitrogen and oxygen atoms in total. The highest BCUT2D eigenvalue weighted by Gasteiger charge is 2.62. The van der Waals surface area contributed by atoms with Gasteiger partial charge in [-0.05, 0) is 43.9 Å². The lowest BCUT2D eigenvalue weighted by atomic mass is 10.1. The monoisotopic (exact) mass is 441 g/mol. The molecule has 1 fully saturated rings. The van der Waals surface area contributed by atoms with Crippen LogP contribution in [0.4, 0.5) is 29.2 Å². The first-order valence-electron chi connectivity index (χ1n) is 9.65. The zero-order valence-electron chi connectivity index (χ0n) is 16.9. The van der Waals surface area contributed by atoms with Gasteiger partial charge in [0.2, 0.25) is 0 Å². The fraction of sp³-hybridized carbons (Fsp3) is 0.286. The van der Waals surface area contributed by atoms with Gasteiger partial charge in [-0.25, -0.2) is 9.37 Å². The second kappa shape index (κ2) is 6.85. The molecule has 1 aliphatic carbocycles. The smallest absolute Gasteiger partial charge is 0.312 e. The van der Waals surface area contributed by atoms with Crippen molar-refractivity contribution in [3.05, 3.63) is 47.9 Å². The van der Waals surface area contributed by atoms with Crippen LogP contribution in [0.25, 0.3) is 16.7 Å². The van der Waals surface area contributed by atoms with E-state index in [1.54, 1.807) is 29.3 Å². The van der Waals surface area contributed by atoms with Crippen LogP contribution in [0.3, 0.4) is 0 Å². The molecule has 5 rings (SSSR count). The number of benzene rings is 1. The minimum Gasteiger partial charge on any atom is -0.312 e. The second-order valence-electron chi connectivity index (χ2n) is 7.63. The van der Waals surface area contributed by atoms with Crippen LogP contribution in [0.1, 0.15) is 24.4 Å². The molecule has 0 N–H and O–H groups in total. The minimum atomic E-state index is -4.37. The maximum absolute atomic E-state index is 14.1. The number of aryl methyl sites for hydroxylation is 1. The van der Waals surface area contributed by atoms with Gasteiger partial charge in [0.1, 0.15) is 28.6 Å². The highest BCUT2D eigenvalue weighted by molar-refractivity contribution is 5.93. The number of fused-ring (bicyclic) bond motifs is 3. The van der Waals surface area contributed by atoms with Gasteiger partial charge >= 0.3 is 6.18 Å². The van der Waals surface area contributed by atoms with E-state index in [9.17, 15) is 17.6 Å². The van der Waals surface area contributed by atoms with Crippen LogP contribution < -0.4 is 4.90 Å². The molecule has 1 saturated carbocycles. The van der Waals surface area contributed by atoms with Crippen molar-refractivity contribution >= 4 is 28.3 Å². The Morgan fingerprint density at radius 1 is 1.12 bits per heavy atom. The van der Waals surface area contributed by atoms with Crippen LogP contribution in [0.2, 0.25) is 0 Å². The Morgan fingerprint density at radius 3 is 2.62 bits per heavy atom.